The number of carbonyl (C=O) groups is 1. The van der Waals surface area contributed by atoms with E-state index in [0.29, 0.717) is 15.7 Å². The van der Waals surface area contributed by atoms with Gasteiger partial charge in [-0.2, -0.15) is 0 Å². The summed E-state index contributed by atoms with van der Waals surface area (Å²) in [4.78, 5) is 12.1. The second kappa shape index (κ2) is 7.17. The van der Waals surface area contributed by atoms with Gasteiger partial charge < -0.3 is 0 Å². The Morgan fingerprint density at radius 3 is 2.65 bits per heavy atom. The molecule has 0 aliphatic heterocycles. The van der Waals surface area contributed by atoms with Crippen molar-refractivity contribution in [2.45, 2.75) is 0 Å². The summed E-state index contributed by atoms with van der Waals surface area (Å²) in [6.45, 7) is 0. The summed E-state index contributed by atoms with van der Waals surface area (Å²) in [6.07, 6.45) is 3.81. The Balaban J connectivity index is 1.68. The van der Waals surface area contributed by atoms with Crippen molar-refractivity contribution in [1.82, 2.24) is 10.2 Å². The van der Waals surface area contributed by atoms with Crippen molar-refractivity contribution < 1.29 is 4.79 Å². The number of benzene rings is 2. The minimum absolute atomic E-state index is 0.262. The second-order valence-electron chi connectivity index (χ2n) is 4.65. The molecule has 1 aromatic heterocycles. The van der Waals surface area contributed by atoms with E-state index in [1.54, 1.807) is 24.3 Å². The molecule has 0 fully saturated rings. The van der Waals surface area contributed by atoms with E-state index in [9.17, 15) is 4.79 Å². The lowest BCUT2D eigenvalue weighted by Crippen LogP contribution is -2.11. The van der Waals surface area contributed by atoms with Crippen LogP contribution < -0.4 is 5.32 Å². The van der Waals surface area contributed by atoms with Crippen LogP contribution in [0, 0.1) is 0 Å². The second-order valence-corrected chi connectivity index (χ2v) is 6.10. The normalized spacial score (nSPS) is 10.8. The molecule has 1 amide bonds. The lowest BCUT2D eigenvalue weighted by molar-refractivity contribution is 0.102. The maximum absolute atomic E-state index is 12.1. The summed E-state index contributed by atoms with van der Waals surface area (Å²) in [5, 5.41) is 12.4. The Kier molecular flexibility index (Phi) is 4.80. The molecule has 1 heterocycles. The fourth-order valence-electron chi connectivity index (χ4n) is 1.88. The lowest BCUT2D eigenvalue weighted by atomic mass is 10.2. The molecule has 1 N–H and O–H groups in total. The minimum atomic E-state index is -0.262. The number of aromatic nitrogens is 2. The van der Waals surface area contributed by atoms with Gasteiger partial charge in [-0.3, -0.25) is 10.1 Å². The van der Waals surface area contributed by atoms with Crippen LogP contribution in [-0.2, 0) is 0 Å². The number of hydrogen-bond donors (Lipinski definition) is 1. The molecule has 0 saturated heterocycles. The van der Waals surface area contributed by atoms with E-state index in [-0.39, 0.29) is 5.91 Å². The Bertz CT molecular complexity index is 846. The van der Waals surface area contributed by atoms with Crippen molar-refractivity contribution in [2.75, 3.05) is 5.32 Å². The summed E-state index contributed by atoms with van der Waals surface area (Å²) in [5.41, 5.74) is 1.56. The van der Waals surface area contributed by atoms with E-state index in [2.05, 4.69) is 15.5 Å². The number of rotatable bonds is 4. The molecule has 0 spiro atoms. The zero-order valence-electron chi connectivity index (χ0n) is 11.9. The molecule has 0 aliphatic carbocycles. The third kappa shape index (κ3) is 4.25. The van der Waals surface area contributed by atoms with Gasteiger partial charge in [0.05, 0.1) is 0 Å². The van der Waals surface area contributed by atoms with Crippen molar-refractivity contribution in [3.8, 4) is 0 Å². The highest BCUT2D eigenvalue weighted by atomic mass is 35.5. The van der Waals surface area contributed by atoms with Crippen LogP contribution in [0.2, 0.25) is 5.02 Å². The molecule has 23 heavy (non-hydrogen) atoms. The van der Waals surface area contributed by atoms with E-state index in [1.165, 1.54) is 11.3 Å². The van der Waals surface area contributed by atoms with Crippen molar-refractivity contribution >= 4 is 46.1 Å². The van der Waals surface area contributed by atoms with Crippen LogP contribution in [0.3, 0.4) is 0 Å². The molecule has 0 bridgehead atoms. The molecule has 0 saturated carbocycles. The van der Waals surface area contributed by atoms with Gasteiger partial charge >= 0.3 is 0 Å². The Hall–Kier alpha value is -2.50. The van der Waals surface area contributed by atoms with E-state index < -0.39 is 0 Å². The first-order valence-electron chi connectivity index (χ1n) is 6.84. The number of anilines is 1. The van der Waals surface area contributed by atoms with Crippen LogP contribution in [0.15, 0.2) is 54.6 Å². The molecule has 4 nitrogen and oxygen atoms in total. The zero-order chi connectivity index (χ0) is 16.1. The average molecular weight is 342 g/mol. The molecule has 0 atom stereocenters. The highest BCUT2D eigenvalue weighted by Gasteiger charge is 2.09. The minimum Gasteiger partial charge on any atom is -0.296 e. The first kappa shape index (κ1) is 15.4. The number of carbonyl (C=O) groups excluding carboxylic acids is 1. The van der Waals surface area contributed by atoms with Crippen molar-refractivity contribution in [2.24, 2.45) is 0 Å². The SMILES string of the molecule is O=C(Nc1nnc(/C=C/c2ccccc2)s1)c1cccc(Cl)c1. The molecular formula is C17H12ClN3OS. The predicted octanol–water partition coefficient (Wildman–Crippen LogP) is 4.61. The number of hydrogen-bond acceptors (Lipinski definition) is 4. The molecule has 2 aromatic carbocycles. The fraction of sp³-hybridized carbons (Fsp3) is 0. The van der Waals surface area contributed by atoms with Crippen LogP contribution in [0.5, 0.6) is 0 Å². The highest BCUT2D eigenvalue weighted by molar-refractivity contribution is 7.16. The van der Waals surface area contributed by atoms with E-state index in [1.807, 2.05) is 42.5 Å². The van der Waals surface area contributed by atoms with Gasteiger partial charge in [0.15, 0.2) is 0 Å². The molecule has 114 valence electrons. The maximum Gasteiger partial charge on any atom is 0.257 e. The summed E-state index contributed by atoms with van der Waals surface area (Å²) in [5.74, 6) is -0.262. The lowest BCUT2D eigenvalue weighted by Gasteiger charge is -2.00. The van der Waals surface area contributed by atoms with Gasteiger partial charge in [-0.05, 0) is 29.8 Å². The van der Waals surface area contributed by atoms with E-state index in [0.717, 1.165) is 10.6 Å². The first-order valence-corrected chi connectivity index (χ1v) is 8.04. The molecule has 3 aromatic rings. The quantitative estimate of drug-likeness (QED) is 0.753. The van der Waals surface area contributed by atoms with Crippen molar-refractivity contribution in [3.05, 3.63) is 75.8 Å². The fourth-order valence-corrected chi connectivity index (χ4v) is 2.71. The molecular weight excluding hydrogens is 330 g/mol. The van der Waals surface area contributed by atoms with Crippen LogP contribution in [-0.4, -0.2) is 16.1 Å². The summed E-state index contributed by atoms with van der Waals surface area (Å²) in [6, 6.07) is 16.6. The van der Waals surface area contributed by atoms with Gasteiger partial charge in [0.25, 0.3) is 5.91 Å². The Morgan fingerprint density at radius 1 is 1.04 bits per heavy atom. The van der Waals surface area contributed by atoms with Gasteiger partial charge in [-0.1, -0.05) is 65.4 Å². The van der Waals surface area contributed by atoms with Crippen LogP contribution >= 0.6 is 22.9 Å². The van der Waals surface area contributed by atoms with Crippen LogP contribution in [0.1, 0.15) is 20.9 Å². The van der Waals surface area contributed by atoms with E-state index >= 15 is 0 Å². The third-order valence-corrected chi connectivity index (χ3v) is 4.00. The summed E-state index contributed by atoms with van der Waals surface area (Å²) < 4.78 is 0. The Labute approximate surface area is 142 Å². The van der Waals surface area contributed by atoms with Gasteiger partial charge in [-0.15, -0.1) is 10.2 Å². The van der Waals surface area contributed by atoms with Crippen molar-refractivity contribution in [1.29, 1.82) is 0 Å². The average Bonchev–Trinajstić information content (AvgIpc) is 3.01. The molecule has 0 unspecified atom stereocenters. The third-order valence-electron chi connectivity index (χ3n) is 2.97. The van der Waals surface area contributed by atoms with E-state index in [4.69, 9.17) is 11.6 Å². The van der Waals surface area contributed by atoms with Gasteiger partial charge in [0.1, 0.15) is 5.01 Å². The highest BCUT2D eigenvalue weighted by Crippen LogP contribution is 2.19. The zero-order valence-corrected chi connectivity index (χ0v) is 13.5. The largest absolute Gasteiger partial charge is 0.296 e. The number of amides is 1. The summed E-state index contributed by atoms with van der Waals surface area (Å²) >= 11 is 7.19. The first-order chi connectivity index (χ1) is 11.2. The van der Waals surface area contributed by atoms with Gasteiger partial charge in [0, 0.05) is 10.6 Å². The van der Waals surface area contributed by atoms with Gasteiger partial charge in [-0.25, -0.2) is 0 Å². The number of nitrogens with one attached hydrogen (secondary N) is 1. The predicted molar refractivity (Wildman–Crippen MR) is 94.7 cm³/mol. The number of halogens is 1. The maximum atomic E-state index is 12.1. The summed E-state index contributed by atoms with van der Waals surface area (Å²) in [7, 11) is 0. The molecule has 6 heteroatoms. The van der Waals surface area contributed by atoms with Crippen LogP contribution in [0.4, 0.5) is 5.13 Å². The smallest absolute Gasteiger partial charge is 0.257 e. The van der Waals surface area contributed by atoms with Crippen molar-refractivity contribution in [3.63, 3.8) is 0 Å². The Morgan fingerprint density at radius 2 is 1.87 bits per heavy atom. The van der Waals surface area contributed by atoms with Gasteiger partial charge in [0.2, 0.25) is 5.13 Å². The molecule has 3 rings (SSSR count). The standard InChI is InChI=1S/C17H12ClN3OS/c18-14-8-4-7-13(11-14)16(22)19-17-21-20-15(23-17)10-9-12-5-2-1-3-6-12/h1-11H,(H,19,21,22)/b10-9+. The monoisotopic (exact) mass is 341 g/mol. The topological polar surface area (TPSA) is 54.9 Å². The number of nitrogens with zero attached hydrogens (tertiary/aromatic N) is 2. The van der Waals surface area contributed by atoms with Crippen LogP contribution in [0.25, 0.3) is 12.2 Å². The molecule has 0 radical (unpaired) electrons. The molecule has 0 aliphatic rings.